The average molecular weight is 303 g/mol. The van der Waals surface area contributed by atoms with E-state index >= 15 is 0 Å². The van der Waals surface area contributed by atoms with Crippen molar-refractivity contribution in [3.63, 3.8) is 0 Å². The molecule has 4 nitrogen and oxygen atoms in total. The molecule has 0 spiro atoms. The fourth-order valence-corrected chi connectivity index (χ4v) is 1.55. The van der Waals surface area contributed by atoms with Crippen LogP contribution in [0.15, 0.2) is 22.6 Å². The standard InChI is InChI=1S/C9H6INO3/c1-13-9(12)8-11-6-4-5(10)2-3-7(6)14-8/h2-4H,1H3. The van der Waals surface area contributed by atoms with Crippen LogP contribution >= 0.6 is 22.6 Å². The summed E-state index contributed by atoms with van der Waals surface area (Å²) in [5.74, 6) is -0.569. The Hall–Kier alpha value is -1.11. The number of hydrogen-bond donors (Lipinski definition) is 0. The summed E-state index contributed by atoms with van der Waals surface area (Å²) in [6.07, 6.45) is 0. The maximum atomic E-state index is 11.1. The van der Waals surface area contributed by atoms with Crippen molar-refractivity contribution >= 4 is 39.7 Å². The lowest BCUT2D eigenvalue weighted by Gasteiger charge is -1.88. The SMILES string of the molecule is COC(=O)c1nc2cc(I)ccc2o1. The van der Waals surface area contributed by atoms with Crippen LogP contribution in [0, 0.1) is 3.57 Å². The van der Waals surface area contributed by atoms with Gasteiger partial charge in [0.25, 0.3) is 0 Å². The minimum atomic E-state index is -0.559. The molecule has 1 heterocycles. The van der Waals surface area contributed by atoms with Crippen LogP contribution in [-0.4, -0.2) is 18.1 Å². The highest BCUT2D eigenvalue weighted by molar-refractivity contribution is 14.1. The van der Waals surface area contributed by atoms with Gasteiger partial charge in [-0.2, -0.15) is 0 Å². The minimum Gasteiger partial charge on any atom is -0.462 e. The number of hydrogen-bond acceptors (Lipinski definition) is 4. The third kappa shape index (κ3) is 1.59. The van der Waals surface area contributed by atoms with E-state index in [4.69, 9.17) is 4.42 Å². The number of carbonyl (C=O) groups excluding carboxylic acids is 1. The zero-order valence-corrected chi connectivity index (χ0v) is 9.44. The van der Waals surface area contributed by atoms with Crippen molar-refractivity contribution in [1.82, 2.24) is 4.98 Å². The highest BCUT2D eigenvalue weighted by atomic mass is 127. The predicted molar refractivity (Wildman–Crippen MR) is 58.1 cm³/mol. The second kappa shape index (κ2) is 3.56. The van der Waals surface area contributed by atoms with Crippen molar-refractivity contribution < 1.29 is 13.9 Å². The molecule has 0 aliphatic carbocycles. The molecule has 0 radical (unpaired) electrons. The van der Waals surface area contributed by atoms with E-state index in [1.165, 1.54) is 7.11 Å². The molecule has 0 N–H and O–H groups in total. The van der Waals surface area contributed by atoms with E-state index in [0.717, 1.165) is 3.57 Å². The van der Waals surface area contributed by atoms with E-state index in [0.29, 0.717) is 11.1 Å². The van der Waals surface area contributed by atoms with Crippen molar-refractivity contribution in [3.8, 4) is 0 Å². The van der Waals surface area contributed by atoms with Gasteiger partial charge in [0, 0.05) is 3.57 Å². The Morgan fingerprint density at radius 2 is 2.36 bits per heavy atom. The van der Waals surface area contributed by atoms with Crippen molar-refractivity contribution in [1.29, 1.82) is 0 Å². The van der Waals surface area contributed by atoms with Crippen LogP contribution < -0.4 is 0 Å². The van der Waals surface area contributed by atoms with Crippen molar-refractivity contribution in [2.24, 2.45) is 0 Å². The van der Waals surface area contributed by atoms with Gasteiger partial charge in [-0.15, -0.1) is 0 Å². The summed E-state index contributed by atoms with van der Waals surface area (Å²) in [5, 5.41) is 0. The van der Waals surface area contributed by atoms with Gasteiger partial charge in [0.1, 0.15) is 5.52 Å². The Morgan fingerprint density at radius 3 is 3.07 bits per heavy atom. The number of oxazole rings is 1. The first kappa shape index (κ1) is 9.45. The largest absolute Gasteiger partial charge is 0.462 e. The number of aromatic nitrogens is 1. The molecular weight excluding hydrogens is 297 g/mol. The molecule has 5 heteroatoms. The molecule has 0 aliphatic rings. The van der Waals surface area contributed by atoms with E-state index in [1.54, 1.807) is 6.07 Å². The van der Waals surface area contributed by atoms with E-state index in [9.17, 15) is 4.79 Å². The molecule has 0 aliphatic heterocycles. The van der Waals surface area contributed by atoms with Gasteiger partial charge < -0.3 is 9.15 Å². The molecule has 1 aromatic heterocycles. The first-order chi connectivity index (χ1) is 6.70. The Balaban J connectivity index is 2.56. The van der Waals surface area contributed by atoms with Crippen LogP contribution in [0.4, 0.5) is 0 Å². The quantitative estimate of drug-likeness (QED) is 0.599. The molecule has 0 unspecified atom stereocenters. The normalized spacial score (nSPS) is 10.4. The molecule has 0 saturated carbocycles. The number of ether oxygens (including phenoxy) is 1. The maximum absolute atomic E-state index is 11.1. The maximum Gasteiger partial charge on any atom is 0.394 e. The second-order valence-corrected chi connectivity index (χ2v) is 3.87. The lowest BCUT2D eigenvalue weighted by molar-refractivity contribution is 0.0559. The van der Waals surface area contributed by atoms with Gasteiger partial charge in [-0.3, -0.25) is 0 Å². The second-order valence-electron chi connectivity index (χ2n) is 2.62. The molecule has 0 saturated heterocycles. The minimum absolute atomic E-state index is 0.00972. The van der Waals surface area contributed by atoms with Gasteiger partial charge in [-0.1, -0.05) is 0 Å². The summed E-state index contributed by atoms with van der Waals surface area (Å²) in [4.78, 5) is 15.1. The van der Waals surface area contributed by atoms with Gasteiger partial charge in [0.05, 0.1) is 7.11 Å². The Bertz CT molecular complexity index is 492. The Morgan fingerprint density at radius 1 is 1.57 bits per heavy atom. The topological polar surface area (TPSA) is 52.3 Å². The average Bonchev–Trinajstić information content (AvgIpc) is 2.59. The van der Waals surface area contributed by atoms with E-state index < -0.39 is 5.97 Å². The molecule has 0 bridgehead atoms. The van der Waals surface area contributed by atoms with E-state index in [1.807, 2.05) is 12.1 Å². The van der Waals surface area contributed by atoms with Crippen LogP contribution in [0.2, 0.25) is 0 Å². The highest BCUT2D eigenvalue weighted by Crippen LogP contribution is 2.18. The molecular formula is C9H6INO3. The molecule has 1 aromatic carbocycles. The summed E-state index contributed by atoms with van der Waals surface area (Å²) in [7, 11) is 1.29. The number of nitrogens with zero attached hydrogens (tertiary/aromatic N) is 1. The highest BCUT2D eigenvalue weighted by Gasteiger charge is 2.14. The first-order valence-corrected chi connectivity index (χ1v) is 4.93. The smallest absolute Gasteiger partial charge is 0.394 e. The first-order valence-electron chi connectivity index (χ1n) is 3.85. The van der Waals surface area contributed by atoms with Gasteiger partial charge in [0.2, 0.25) is 0 Å². The van der Waals surface area contributed by atoms with Crippen LogP contribution in [0.5, 0.6) is 0 Å². The number of halogens is 1. The number of fused-ring (bicyclic) bond motifs is 1. The summed E-state index contributed by atoms with van der Waals surface area (Å²) < 4.78 is 10.7. The zero-order valence-electron chi connectivity index (χ0n) is 7.28. The molecule has 14 heavy (non-hydrogen) atoms. The van der Waals surface area contributed by atoms with Crippen molar-refractivity contribution in [2.75, 3.05) is 7.11 Å². The number of esters is 1. The number of rotatable bonds is 1. The lowest BCUT2D eigenvalue weighted by Crippen LogP contribution is -2.00. The summed E-state index contributed by atoms with van der Waals surface area (Å²) in [6.45, 7) is 0. The molecule has 2 rings (SSSR count). The monoisotopic (exact) mass is 303 g/mol. The van der Waals surface area contributed by atoms with Crippen LogP contribution in [0.1, 0.15) is 10.7 Å². The lowest BCUT2D eigenvalue weighted by atomic mass is 10.3. The van der Waals surface area contributed by atoms with Crippen LogP contribution in [0.25, 0.3) is 11.1 Å². The number of carbonyl (C=O) groups is 1. The molecule has 0 fully saturated rings. The van der Waals surface area contributed by atoms with Gasteiger partial charge in [0.15, 0.2) is 5.58 Å². The molecule has 0 amide bonds. The third-order valence-corrected chi connectivity index (χ3v) is 2.38. The van der Waals surface area contributed by atoms with Crippen molar-refractivity contribution in [3.05, 3.63) is 27.7 Å². The van der Waals surface area contributed by atoms with Crippen LogP contribution in [0.3, 0.4) is 0 Å². The van der Waals surface area contributed by atoms with Gasteiger partial charge in [-0.05, 0) is 40.8 Å². The molecule has 72 valence electrons. The van der Waals surface area contributed by atoms with Crippen molar-refractivity contribution in [2.45, 2.75) is 0 Å². The van der Waals surface area contributed by atoms with Gasteiger partial charge in [-0.25, -0.2) is 9.78 Å². The molecule has 0 atom stereocenters. The fourth-order valence-electron chi connectivity index (χ4n) is 1.08. The summed E-state index contributed by atoms with van der Waals surface area (Å²) in [5.41, 5.74) is 1.25. The Labute approximate surface area is 93.4 Å². The van der Waals surface area contributed by atoms with Crippen LogP contribution in [-0.2, 0) is 4.74 Å². The van der Waals surface area contributed by atoms with E-state index in [-0.39, 0.29) is 5.89 Å². The van der Waals surface area contributed by atoms with Gasteiger partial charge >= 0.3 is 11.9 Å². The predicted octanol–water partition coefficient (Wildman–Crippen LogP) is 2.22. The summed E-state index contributed by atoms with van der Waals surface area (Å²) in [6, 6.07) is 5.50. The van der Waals surface area contributed by atoms with E-state index in [2.05, 4.69) is 32.3 Å². The molecule has 2 aromatic rings. The zero-order chi connectivity index (χ0) is 10.1. The fraction of sp³-hybridized carbons (Fsp3) is 0.111. The Kier molecular flexibility index (Phi) is 2.40. The summed E-state index contributed by atoms with van der Waals surface area (Å²) >= 11 is 2.17. The third-order valence-electron chi connectivity index (χ3n) is 1.71. The number of benzene rings is 1. The number of methoxy groups -OCH3 is 1.